The van der Waals surface area contributed by atoms with E-state index in [1.54, 1.807) is 11.8 Å². The van der Waals surface area contributed by atoms with Crippen molar-refractivity contribution >= 4 is 17.7 Å². The normalized spacial score (nSPS) is 20.0. The van der Waals surface area contributed by atoms with Gasteiger partial charge in [-0.3, -0.25) is 4.79 Å². The first kappa shape index (κ1) is 14.8. The Bertz CT molecular complexity index is 263. The second kappa shape index (κ2) is 6.07. The van der Waals surface area contributed by atoms with Gasteiger partial charge in [0.2, 0.25) is 5.91 Å². The predicted molar refractivity (Wildman–Crippen MR) is 72.1 cm³/mol. The van der Waals surface area contributed by atoms with E-state index < -0.39 is 5.41 Å². The average Bonchev–Trinajstić information content (AvgIpc) is 2.37. The van der Waals surface area contributed by atoms with E-state index in [1.807, 2.05) is 0 Å². The fourth-order valence-electron chi connectivity index (χ4n) is 1.84. The first-order valence-corrected chi connectivity index (χ1v) is 7.29. The molecule has 0 aromatic heterocycles. The molecule has 0 unspecified atom stereocenters. The number of thioether (sulfide) groups is 1. The monoisotopic (exact) mass is 260 g/mol. The summed E-state index contributed by atoms with van der Waals surface area (Å²) in [6.07, 6.45) is 3.52. The van der Waals surface area contributed by atoms with Crippen molar-refractivity contribution in [2.24, 2.45) is 11.1 Å². The van der Waals surface area contributed by atoms with Gasteiger partial charge in [-0.05, 0) is 32.9 Å². The Kier molecular flexibility index (Phi) is 5.28. The summed E-state index contributed by atoms with van der Waals surface area (Å²) >= 11 is 1.75. The van der Waals surface area contributed by atoms with Crippen LogP contribution in [0.2, 0.25) is 0 Å². The van der Waals surface area contributed by atoms with Crippen LogP contribution in [0.25, 0.3) is 0 Å². The molecule has 1 saturated heterocycles. The molecule has 1 amide bonds. The zero-order valence-electron chi connectivity index (χ0n) is 11.0. The molecule has 0 aromatic carbocycles. The summed E-state index contributed by atoms with van der Waals surface area (Å²) in [5.41, 5.74) is 5.38. The lowest BCUT2D eigenvalue weighted by Gasteiger charge is -2.35. The number of amides is 1. The Balaban J connectivity index is 2.55. The van der Waals surface area contributed by atoms with Crippen molar-refractivity contribution in [3.05, 3.63) is 0 Å². The van der Waals surface area contributed by atoms with Crippen LogP contribution >= 0.6 is 11.8 Å². The van der Waals surface area contributed by atoms with Crippen LogP contribution in [-0.4, -0.2) is 43.2 Å². The summed E-state index contributed by atoms with van der Waals surface area (Å²) in [7, 11) is 0. The second-order valence-corrected chi connectivity index (χ2v) is 6.76. The number of carbonyl (C=O) groups is 1. The van der Waals surface area contributed by atoms with Crippen molar-refractivity contribution in [1.29, 1.82) is 0 Å². The van der Waals surface area contributed by atoms with Gasteiger partial charge in [0.15, 0.2) is 0 Å². The maximum atomic E-state index is 12.3. The lowest BCUT2D eigenvalue weighted by atomic mass is 9.79. The summed E-state index contributed by atoms with van der Waals surface area (Å²) in [6.45, 7) is 6.60. The van der Waals surface area contributed by atoms with Gasteiger partial charge in [-0.2, -0.15) is 11.8 Å². The minimum atomic E-state index is -0.410. The zero-order chi connectivity index (χ0) is 12.9. The van der Waals surface area contributed by atoms with Crippen molar-refractivity contribution in [3.63, 3.8) is 0 Å². The molecule has 1 fully saturated rings. The quantitative estimate of drug-likeness (QED) is 0.774. The molecule has 4 nitrogen and oxygen atoms in total. The van der Waals surface area contributed by atoms with Gasteiger partial charge >= 0.3 is 0 Å². The lowest BCUT2D eigenvalue weighted by molar-refractivity contribution is -0.135. The molecule has 1 heterocycles. The number of nitrogens with two attached hydrogens (primary N) is 1. The van der Waals surface area contributed by atoms with Crippen molar-refractivity contribution < 1.29 is 9.53 Å². The van der Waals surface area contributed by atoms with Gasteiger partial charge < -0.3 is 15.8 Å². The van der Waals surface area contributed by atoms with Gasteiger partial charge in [-0.25, -0.2) is 0 Å². The Morgan fingerprint density at radius 3 is 2.53 bits per heavy atom. The van der Waals surface area contributed by atoms with Gasteiger partial charge in [0.05, 0.1) is 5.41 Å². The minimum absolute atomic E-state index is 0.0661. The van der Waals surface area contributed by atoms with E-state index in [-0.39, 0.29) is 10.7 Å². The third-order valence-electron chi connectivity index (χ3n) is 3.55. The Morgan fingerprint density at radius 2 is 2.06 bits per heavy atom. The summed E-state index contributed by atoms with van der Waals surface area (Å²) in [5, 5.41) is 3.04. The number of carbonyl (C=O) groups excluding carboxylic acids is 1. The number of hydrogen-bond donors (Lipinski definition) is 2. The topological polar surface area (TPSA) is 64.4 Å². The molecule has 5 heteroatoms. The van der Waals surface area contributed by atoms with Crippen LogP contribution in [0.1, 0.15) is 26.7 Å². The highest BCUT2D eigenvalue weighted by Crippen LogP contribution is 2.30. The number of hydrogen-bond acceptors (Lipinski definition) is 4. The van der Waals surface area contributed by atoms with E-state index >= 15 is 0 Å². The van der Waals surface area contributed by atoms with Gasteiger partial charge in [-0.1, -0.05) is 0 Å². The highest BCUT2D eigenvalue weighted by molar-refractivity contribution is 7.99. The van der Waals surface area contributed by atoms with Crippen molar-refractivity contribution in [1.82, 2.24) is 5.32 Å². The van der Waals surface area contributed by atoms with Crippen molar-refractivity contribution in [3.8, 4) is 0 Å². The molecule has 0 saturated carbocycles. The van der Waals surface area contributed by atoms with E-state index in [0.717, 1.165) is 12.8 Å². The molecule has 100 valence electrons. The fraction of sp³-hybridized carbons (Fsp3) is 0.917. The van der Waals surface area contributed by atoms with Crippen LogP contribution in [0.15, 0.2) is 0 Å². The summed E-state index contributed by atoms with van der Waals surface area (Å²) in [5.74, 6) is 0.0884. The number of nitrogens with one attached hydrogen (secondary N) is 1. The largest absolute Gasteiger partial charge is 0.381 e. The second-order valence-electron chi connectivity index (χ2n) is 5.24. The Hall–Kier alpha value is -0.260. The first-order chi connectivity index (χ1) is 7.96. The van der Waals surface area contributed by atoms with Gasteiger partial charge in [-0.15, -0.1) is 0 Å². The van der Waals surface area contributed by atoms with Crippen molar-refractivity contribution in [2.75, 3.05) is 32.6 Å². The van der Waals surface area contributed by atoms with E-state index in [4.69, 9.17) is 10.5 Å². The first-order valence-electron chi connectivity index (χ1n) is 6.07. The maximum absolute atomic E-state index is 12.3. The maximum Gasteiger partial charge on any atom is 0.227 e. The smallest absolute Gasteiger partial charge is 0.227 e. The highest BCUT2D eigenvalue weighted by Gasteiger charge is 2.39. The number of rotatable bonds is 5. The SMILES string of the molecule is CSC(C)(C)CNC(=O)C1(CN)CCOCC1. The van der Waals surface area contributed by atoms with Crippen LogP contribution in [0.5, 0.6) is 0 Å². The predicted octanol–water partition coefficient (Wildman–Crippen LogP) is 1.000. The molecule has 0 bridgehead atoms. The highest BCUT2D eigenvalue weighted by atomic mass is 32.2. The molecule has 17 heavy (non-hydrogen) atoms. The van der Waals surface area contributed by atoms with Gasteiger partial charge in [0.25, 0.3) is 0 Å². The standard InChI is InChI=1S/C12H24N2O2S/c1-11(2,17-3)9-14-10(15)12(8-13)4-6-16-7-5-12/h4-9,13H2,1-3H3,(H,14,15). The van der Waals surface area contributed by atoms with E-state index in [1.165, 1.54) is 0 Å². The molecule has 0 aliphatic carbocycles. The van der Waals surface area contributed by atoms with Crippen LogP contribution < -0.4 is 11.1 Å². The Labute approximate surface area is 108 Å². The molecule has 0 aromatic rings. The molecule has 1 aliphatic heterocycles. The van der Waals surface area contributed by atoms with Crippen LogP contribution in [0, 0.1) is 5.41 Å². The third kappa shape index (κ3) is 3.86. The molecule has 0 atom stereocenters. The number of ether oxygens (including phenoxy) is 1. The van der Waals surface area contributed by atoms with E-state index in [9.17, 15) is 4.79 Å². The minimum Gasteiger partial charge on any atom is -0.381 e. The van der Waals surface area contributed by atoms with E-state index in [0.29, 0.717) is 26.3 Å². The summed E-state index contributed by atoms with van der Waals surface area (Å²) in [4.78, 5) is 12.3. The van der Waals surface area contributed by atoms with Crippen LogP contribution in [0.3, 0.4) is 0 Å². The van der Waals surface area contributed by atoms with E-state index in [2.05, 4.69) is 25.4 Å². The van der Waals surface area contributed by atoms with Gasteiger partial charge in [0.1, 0.15) is 0 Å². The Morgan fingerprint density at radius 1 is 1.47 bits per heavy atom. The fourth-order valence-corrected chi connectivity index (χ4v) is 2.06. The lowest BCUT2D eigenvalue weighted by Crippen LogP contribution is -2.51. The summed E-state index contributed by atoms with van der Waals surface area (Å²) in [6, 6.07) is 0. The molecule has 3 N–H and O–H groups in total. The van der Waals surface area contributed by atoms with Crippen LogP contribution in [0.4, 0.5) is 0 Å². The molecule has 1 rings (SSSR count). The molecule has 1 aliphatic rings. The van der Waals surface area contributed by atoms with Gasteiger partial charge in [0, 0.05) is 31.1 Å². The average molecular weight is 260 g/mol. The molecule has 0 radical (unpaired) electrons. The molecular formula is C12H24N2O2S. The van der Waals surface area contributed by atoms with Crippen LogP contribution in [-0.2, 0) is 9.53 Å². The summed E-state index contributed by atoms with van der Waals surface area (Å²) < 4.78 is 5.37. The van der Waals surface area contributed by atoms with Crippen molar-refractivity contribution in [2.45, 2.75) is 31.4 Å². The zero-order valence-corrected chi connectivity index (χ0v) is 11.9. The molecular weight excluding hydrogens is 236 g/mol. The molecule has 0 spiro atoms. The third-order valence-corrected chi connectivity index (χ3v) is 4.80.